The predicted octanol–water partition coefficient (Wildman–Crippen LogP) is 4.46. The van der Waals surface area contributed by atoms with Gasteiger partial charge in [-0.2, -0.15) is 0 Å². The van der Waals surface area contributed by atoms with E-state index in [4.69, 9.17) is 16.3 Å². The van der Waals surface area contributed by atoms with Crippen LogP contribution < -0.4 is 10.1 Å². The van der Waals surface area contributed by atoms with Crippen molar-refractivity contribution in [1.29, 1.82) is 0 Å². The van der Waals surface area contributed by atoms with E-state index in [-0.39, 0.29) is 0 Å². The van der Waals surface area contributed by atoms with Gasteiger partial charge in [-0.15, -0.1) is 0 Å². The summed E-state index contributed by atoms with van der Waals surface area (Å²) in [6.07, 6.45) is 0.980. The Labute approximate surface area is 132 Å². The molecule has 1 atom stereocenters. The maximum absolute atomic E-state index is 5.91. The lowest BCUT2D eigenvalue weighted by molar-refractivity contribution is 0.334. The number of rotatable bonds is 7. The van der Waals surface area contributed by atoms with Gasteiger partial charge in [-0.3, -0.25) is 0 Å². The molecule has 2 aromatic carbocycles. The fraction of sp³-hybridized carbons (Fsp3) is 0.333. The molecular formula is C18H22ClNO. The molecule has 0 aromatic heterocycles. The van der Waals surface area contributed by atoms with Crippen molar-refractivity contribution in [3.63, 3.8) is 0 Å². The van der Waals surface area contributed by atoms with Gasteiger partial charge in [0.15, 0.2) is 0 Å². The second kappa shape index (κ2) is 8.06. The zero-order valence-electron chi connectivity index (χ0n) is 12.6. The van der Waals surface area contributed by atoms with Crippen molar-refractivity contribution < 1.29 is 4.74 Å². The van der Waals surface area contributed by atoms with Crippen LogP contribution in [0.25, 0.3) is 0 Å². The summed E-state index contributed by atoms with van der Waals surface area (Å²) in [6, 6.07) is 16.6. The van der Waals surface area contributed by atoms with E-state index in [2.05, 4.69) is 30.4 Å². The number of hydrogen-bond donors (Lipinski definition) is 1. The number of para-hydroxylation sites is 1. The van der Waals surface area contributed by atoms with Crippen molar-refractivity contribution >= 4 is 11.6 Å². The van der Waals surface area contributed by atoms with Crippen LogP contribution in [0, 0.1) is 0 Å². The van der Waals surface area contributed by atoms with Gasteiger partial charge in [0.05, 0.1) is 6.61 Å². The van der Waals surface area contributed by atoms with Gasteiger partial charge in [-0.05, 0) is 44.0 Å². The number of benzene rings is 2. The molecule has 1 N–H and O–H groups in total. The van der Waals surface area contributed by atoms with E-state index >= 15 is 0 Å². The molecule has 0 aliphatic rings. The summed E-state index contributed by atoms with van der Waals surface area (Å²) in [6.45, 7) is 5.70. The molecule has 0 radical (unpaired) electrons. The maximum Gasteiger partial charge on any atom is 0.123 e. The molecule has 1 unspecified atom stereocenters. The first-order valence-electron chi connectivity index (χ1n) is 7.37. The Bertz CT molecular complexity index is 553. The third-order valence-electron chi connectivity index (χ3n) is 3.37. The summed E-state index contributed by atoms with van der Waals surface area (Å²) in [7, 11) is 0. The summed E-state index contributed by atoms with van der Waals surface area (Å²) >= 11 is 5.91. The first-order chi connectivity index (χ1) is 10.2. The highest BCUT2D eigenvalue weighted by atomic mass is 35.5. The molecule has 0 heterocycles. The largest absolute Gasteiger partial charge is 0.494 e. The molecule has 0 amide bonds. The van der Waals surface area contributed by atoms with Crippen molar-refractivity contribution in [2.45, 2.75) is 32.9 Å². The molecule has 3 heteroatoms. The Balaban J connectivity index is 1.89. The standard InChI is InChI=1S/C18H22ClNO/c1-3-21-18-7-5-4-6-16(18)13-20-14(2)12-15-8-10-17(19)11-9-15/h4-11,14,20H,3,12-13H2,1-2H3. The lowest BCUT2D eigenvalue weighted by atomic mass is 10.1. The predicted molar refractivity (Wildman–Crippen MR) is 89.1 cm³/mol. The van der Waals surface area contributed by atoms with Crippen LogP contribution >= 0.6 is 11.6 Å². The first kappa shape index (κ1) is 15.9. The van der Waals surface area contributed by atoms with E-state index in [1.54, 1.807) is 0 Å². The SMILES string of the molecule is CCOc1ccccc1CNC(C)Cc1ccc(Cl)cc1. The molecule has 0 spiro atoms. The Morgan fingerprint density at radius 2 is 1.81 bits per heavy atom. The molecule has 0 bridgehead atoms. The highest BCUT2D eigenvalue weighted by Gasteiger charge is 2.06. The van der Waals surface area contributed by atoms with Crippen LogP contribution in [0.5, 0.6) is 5.75 Å². The van der Waals surface area contributed by atoms with Crippen LogP contribution in [-0.4, -0.2) is 12.6 Å². The van der Waals surface area contributed by atoms with Crippen LogP contribution in [0.3, 0.4) is 0 Å². The smallest absolute Gasteiger partial charge is 0.123 e. The zero-order valence-corrected chi connectivity index (χ0v) is 13.4. The average Bonchev–Trinajstić information content (AvgIpc) is 2.49. The monoisotopic (exact) mass is 303 g/mol. The van der Waals surface area contributed by atoms with Gasteiger partial charge in [0.2, 0.25) is 0 Å². The fourth-order valence-electron chi connectivity index (χ4n) is 2.28. The molecule has 21 heavy (non-hydrogen) atoms. The normalized spacial score (nSPS) is 12.1. The van der Waals surface area contributed by atoms with Crippen LogP contribution in [0.1, 0.15) is 25.0 Å². The van der Waals surface area contributed by atoms with Crippen LogP contribution in [0.2, 0.25) is 5.02 Å². The van der Waals surface area contributed by atoms with Gasteiger partial charge in [-0.1, -0.05) is 41.9 Å². The van der Waals surface area contributed by atoms with E-state index in [9.17, 15) is 0 Å². The molecule has 0 fully saturated rings. The lowest BCUT2D eigenvalue weighted by Crippen LogP contribution is -2.27. The summed E-state index contributed by atoms with van der Waals surface area (Å²) in [5, 5.41) is 4.33. The van der Waals surface area contributed by atoms with Gasteiger partial charge in [0, 0.05) is 23.2 Å². The number of ether oxygens (including phenoxy) is 1. The minimum Gasteiger partial charge on any atom is -0.494 e. The summed E-state index contributed by atoms with van der Waals surface area (Å²) in [4.78, 5) is 0. The topological polar surface area (TPSA) is 21.3 Å². The zero-order chi connectivity index (χ0) is 15.1. The van der Waals surface area contributed by atoms with Crippen LogP contribution in [-0.2, 0) is 13.0 Å². The third-order valence-corrected chi connectivity index (χ3v) is 3.62. The summed E-state index contributed by atoms with van der Waals surface area (Å²) in [5.74, 6) is 0.964. The van der Waals surface area contributed by atoms with E-state index in [1.165, 1.54) is 11.1 Å². The first-order valence-corrected chi connectivity index (χ1v) is 7.75. The highest BCUT2D eigenvalue weighted by Crippen LogP contribution is 2.18. The number of nitrogens with one attached hydrogen (secondary N) is 1. The van der Waals surface area contributed by atoms with E-state index in [1.807, 2.05) is 37.3 Å². The molecule has 0 saturated heterocycles. The Hall–Kier alpha value is -1.51. The Morgan fingerprint density at radius 1 is 1.10 bits per heavy atom. The van der Waals surface area contributed by atoms with Crippen molar-refractivity contribution in [1.82, 2.24) is 5.32 Å². The van der Waals surface area contributed by atoms with Gasteiger partial charge in [0.1, 0.15) is 5.75 Å². The van der Waals surface area contributed by atoms with E-state index in [0.717, 1.165) is 23.7 Å². The van der Waals surface area contributed by atoms with Crippen molar-refractivity contribution in [3.8, 4) is 5.75 Å². The maximum atomic E-state index is 5.91. The molecule has 2 aromatic rings. The minimum atomic E-state index is 0.390. The second-order valence-corrected chi connectivity index (χ2v) is 5.59. The quantitative estimate of drug-likeness (QED) is 0.815. The van der Waals surface area contributed by atoms with Gasteiger partial charge >= 0.3 is 0 Å². The molecule has 0 saturated carbocycles. The third kappa shape index (κ3) is 5.07. The molecule has 2 rings (SSSR count). The minimum absolute atomic E-state index is 0.390. The molecule has 2 nitrogen and oxygen atoms in total. The van der Waals surface area contributed by atoms with Gasteiger partial charge in [0.25, 0.3) is 0 Å². The summed E-state index contributed by atoms with van der Waals surface area (Å²) < 4.78 is 5.65. The number of hydrogen-bond acceptors (Lipinski definition) is 2. The van der Waals surface area contributed by atoms with Gasteiger partial charge < -0.3 is 10.1 Å². The van der Waals surface area contributed by atoms with E-state index in [0.29, 0.717) is 12.6 Å². The fourth-order valence-corrected chi connectivity index (χ4v) is 2.40. The Morgan fingerprint density at radius 3 is 2.52 bits per heavy atom. The van der Waals surface area contributed by atoms with Gasteiger partial charge in [-0.25, -0.2) is 0 Å². The van der Waals surface area contributed by atoms with Crippen LogP contribution in [0.4, 0.5) is 0 Å². The molecule has 0 aliphatic carbocycles. The van der Waals surface area contributed by atoms with Crippen LogP contribution in [0.15, 0.2) is 48.5 Å². The van der Waals surface area contributed by atoms with Crippen molar-refractivity contribution in [2.75, 3.05) is 6.61 Å². The number of halogens is 1. The second-order valence-electron chi connectivity index (χ2n) is 5.15. The Kier molecular flexibility index (Phi) is 6.09. The highest BCUT2D eigenvalue weighted by molar-refractivity contribution is 6.30. The lowest BCUT2D eigenvalue weighted by Gasteiger charge is -2.16. The van der Waals surface area contributed by atoms with Crippen molar-refractivity contribution in [3.05, 3.63) is 64.7 Å². The average molecular weight is 304 g/mol. The van der Waals surface area contributed by atoms with E-state index < -0.39 is 0 Å². The van der Waals surface area contributed by atoms with Crippen molar-refractivity contribution in [2.24, 2.45) is 0 Å². The molecule has 112 valence electrons. The summed E-state index contributed by atoms with van der Waals surface area (Å²) in [5.41, 5.74) is 2.49. The molecule has 0 aliphatic heterocycles. The molecular weight excluding hydrogens is 282 g/mol.